The molecule has 3 aromatic rings. The highest BCUT2D eigenvalue weighted by Crippen LogP contribution is 2.45. The average Bonchev–Trinajstić information content (AvgIpc) is 3.64. The molecule has 1 aromatic carbocycles. The number of aromatic nitrogens is 4. The van der Waals surface area contributed by atoms with Crippen LogP contribution in [0.25, 0.3) is 11.2 Å². The zero-order chi connectivity index (χ0) is 36.3. The van der Waals surface area contributed by atoms with Gasteiger partial charge in [-0.25, -0.2) is 14.6 Å². The summed E-state index contributed by atoms with van der Waals surface area (Å²) in [7, 11) is -4.05. The number of imidazole rings is 1. The number of ether oxygens (including phenoxy) is 3. The number of aliphatic hydroxyl groups is 2. The van der Waals surface area contributed by atoms with E-state index in [1.807, 2.05) is 37.3 Å². The molecule has 2 aromatic heterocycles. The average molecular weight is 739 g/mol. The fourth-order valence-electron chi connectivity index (χ4n) is 4.91. The molecule has 1 saturated heterocycles. The predicted molar refractivity (Wildman–Crippen MR) is 186 cm³/mol. The normalized spacial score (nSPS) is 20.5. The van der Waals surface area contributed by atoms with Crippen LogP contribution in [0.4, 0.5) is 5.95 Å². The van der Waals surface area contributed by atoms with E-state index in [0.717, 1.165) is 36.6 Å². The molecule has 4 rings (SSSR count). The number of hydrogen-bond donors (Lipinski definition) is 4. The van der Waals surface area contributed by atoms with Crippen LogP contribution < -0.4 is 15.6 Å². The third-order valence-electron chi connectivity index (χ3n) is 7.74. The summed E-state index contributed by atoms with van der Waals surface area (Å²) >= 11 is 0.966. The monoisotopic (exact) mass is 738 g/mol. The maximum atomic E-state index is 13.9. The van der Waals surface area contributed by atoms with Gasteiger partial charge in [-0.15, -0.1) is 0 Å². The van der Waals surface area contributed by atoms with Gasteiger partial charge in [-0.2, -0.15) is 9.97 Å². The van der Waals surface area contributed by atoms with E-state index in [9.17, 15) is 24.4 Å². The Hall–Kier alpha value is -3.15. The number of nitrogens with two attached hydrogens (primary N) is 1. The van der Waals surface area contributed by atoms with Crippen molar-refractivity contribution in [3.05, 3.63) is 42.2 Å². The van der Waals surface area contributed by atoms with Gasteiger partial charge < -0.3 is 30.2 Å². The quantitative estimate of drug-likeness (QED) is 0.0736. The molecule has 0 spiro atoms. The maximum Gasteiger partial charge on any atom is 0.405 e. The van der Waals surface area contributed by atoms with Crippen molar-refractivity contribution in [2.45, 2.75) is 84.5 Å². The van der Waals surface area contributed by atoms with Gasteiger partial charge in [-0.05, 0) is 32.8 Å². The van der Waals surface area contributed by atoms with Crippen LogP contribution in [0.3, 0.4) is 0 Å². The molecule has 276 valence electrons. The standard InChI is InChI=1S/C32H47N6O10PS/c1-5-7-9-14-23(39)45-19-32(3,4)30(42)50-16-15-46-49(43,35-17-21-12-10-8-11-13-21)47-18-22-25(40)26(41)29(48-22)38-20-34-24-27(38)36-31(33)37-28(24)44-6-2/h8,10-13,20,22,25-26,29,40-41H,5-7,9,14-19H2,1-4H3,(H,35,43)(H2,33,36,37). The minimum atomic E-state index is -4.05. The third kappa shape index (κ3) is 10.7. The summed E-state index contributed by atoms with van der Waals surface area (Å²) < 4.78 is 43.6. The van der Waals surface area contributed by atoms with Crippen molar-refractivity contribution >= 4 is 47.7 Å². The molecular formula is C32H47N6O10PS. The number of thioether (sulfide) groups is 1. The predicted octanol–water partition coefficient (Wildman–Crippen LogP) is 3.77. The number of fused-ring (bicyclic) bond motifs is 1. The first kappa shape index (κ1) is 39.6. The van der Waals surface area contributed by atoms with Gasteiger partial charge in [-0.1, -0.05) is 61.9 Å². The summed E-state index contributed by atoms with van der Waals surface area (Å²) in [5, 5.41) is 24.4. The van der Waals surface area contributed by atoms with Crippen LogP contribution in [0.1, 0.15) is 65.2 Å². The smallest absolute Gasteiger partial charge is 0.405 e. The Morgan fingerprint density at radius 1 is 1.12 bits per heavy atom. The Labute approximate surface area is 295 Å². The van der Waals surface area contributed by atoms with Gasteiger partial charge in [0.2, 0.25) is 11.8 Å². The molecule has 3 heterocycles. The number of unbranched alkanes of at least 4 members (excludes halogenated alkanes) is 2. The van der Waals surface area contributed by atoms with Crippen LogP contribution in [-0.4, -0.2) is 91.3 Å². The molecule has 5 unspecified atom stereocenters. The molecule has 16 nitrogen and oxygen atoms in total. The first-order chi connectivity index (χ1) is 23.9. The van der Waals surface area contributed by atoms with Gasteiger partial charge in [0.05, 0.1) is 31.6 Å². The Morgan fingerprint density at radius 2 is 1.88 bits per heavy atom. The van der Waals surface area contributed by atoms with Crippen LogP contribution in [0, 0.1) is 5.41 Å². The number of carbonyl (C=O) groups is 2. The van der Waals surface area contributed by atoms with Crippen molar-refractivity contribution in [3.63, 3.8) is 0 Å². The number of anilines is 1. The lowest BCUT2D eigenvalue weighted by Crippen LogP contribution is -2.34. The number of rotatable bonds is 20. The molecule has 0 bridgehead atoms. The van der Waals surface area contributed by atoms with Gasteiger partial charge in [0.1, 0.15) is 24.9 Å². The largest absolute Gasteiger partial charge is 0.476 e. The lowest BCUT2D eigenvalue weighted by atomic mass is 9.97. The van der Waals surface area contributed by atoms with Crippen molar-refractivity contribution in [3.8, 4) is 5.88 Å². The number of esters is 1. The minimum Gasteiger partial charge on any atom is -0.476 e. The number of nitrogen functional groups attached to an aromatic ring is 1. The fourth-order valence-corrected chi connectivity index (χ4v) is 7.14. The number of hydrogen-bond acceptors (Lipinski definition) is 15. The molecule has 0 amide bonds. The molecular weight excluding hydrogens is 691 g/mol. The highest BCUT2D eigenvalue weighted by molar-refractivity contribution is 8.13. The molecule has 1 fully saturated rings. The minimum absolute atomic E-state index is 0.0513. The Morgan fingerprint density at radius 3 is 2.60 bits per heavy atom. The van der Waals surface area contributed by atoms with Crippen molar-refractivity contribution in [1.82, 2.24) is 24.6 Å². The van der Waals surface area contributed by atoms with E-state index in [4.69, 9.17) is 29.0 Å². The van der Waals surface area contributed by atoms with Gasteiger partial charge in [0.15, 0.2) is 22.5 Å². The molecule has 0 radical (unpaired) electrons. The molecule has 5 N–H and O–H groups in total. The van der Waals surface area contributed by atoms with E-state index in [-0.39, 0.29) is 59.6 Å². The summed E-state index contributed by atoms with van der Waals surface area (Å²) in [6, 6.07) is 9.17. The van der Waals surface area contributed by atoms with Crippen molar-refractivity contribution in [2.75, 3.05) is 37.9 Å². The summed E-state index contributed by atoms with van der Waals surface area (Å²) in [4.78, 5) is 37.5. The number of nitrogens with zero attached hydrogens (tertiary/aromatic N) is 4. The third-order valence-corrected chi connectivity index (χ3v) is 10.5. The second-order valence-corrected chi connectivity index (χ2v) is 15.2. The zero-order valence-electron chi connectivity index (χ0n) is 28.7. The van der Waals surface area contributed by atoms with Gasteiger partial charge >= 0.3 is 13.7 Å². The summed E-state index contributed by atoms with van der Waals surface area (Å²) in [5.41, 5.74) is 6.24. The molecule has 1 aliphatic heterocycles. The highest BCUT2D eigenvalue weighted by atomic mass is 32.2. The molecule has 18 heteroatoms. The molecule has 50 heavy (non-hydrogen) atoms. The zero-order valence-corrected chi connectivity index (χ0v) is 30.4. The van der Waals surface area contributed by atoms with E-state index >= 15 is 0 Å². The second kappa shape index (κ2) is 18.4. The molecule has 5 atom stereocenters. The first-order valence-electron chi connectivity index (χ1n) is 16.5. The van der Waals surface area contributed by atoms with Crippen LogP contribution >= 0.6 is 19.5 Å². The Kier molecular flexibility index (Phi) is 14.6. The second-order valence-electron chi connectivity index (χ2n) is 12.3. The van der Waals surface area contributed by atoms with Gasteiger partial charge in [0, 0.05) is 18.7 Å². The SMILES string of the molecule is CCCCCC(=O)OCC(C)(C)C(=O)SCCOP(=O)(NCc1ccccc1)OCC1OC(n2cnc3c(OCC)nc(N)nc32)C(O)C1O. The fraction of sp³-hybridized carbons (Fsp3) is 0.594. The van der Waals surface area contributed by atoms with Crippen molar-refractivity contribution in [2.24, 2.45) is 5.41 Å². The van der Waals surface area contributed by atoms with Crippen LogP contribution in [0.5, 0.6) is 5.88 Å². The maximum absolute atomic E-state index is 13.9. The first-order valence-corrected chi connectivity index (χ1v) is 19.1. The number of benzene rings is 1. The van der Waals surface area contributed by atoms with E-state index in [1.54, 1.807) is 20.8 Å². The molecule has 1 aliphatic rings. The Balaban J connectivity index is 1.36. The highest BCUT2D eigenvalue weighted by Gasteiger charge is 2.45. The topological polar surface area (TPSA) is 219 Å². The lowest BCUT2D eigenvalue weighted by Gasteiger charge is -2.23. The van der Waals surface area contributed by atoms with Gasteiger partial charge in [0.25, 0.3) is 0 Å². The van der Waals surface area contributed by atoms with Crippen molar-refractivity contribution in [1.29, 1.82) is 0 Å². The van der Waals surface area contributed by atoms with Crippen molar-refractivity contribution < 1.29 is 47.6 Å². The molecule has 0 saturated carbocycles. The number of aliphatic hydroxyl groups excluding tert-OH is 2. The lowest BCUT2D eigenvalue weighted by molar-refractivity contribution is -0.147. The summed E-state index contributed by atoms with van der Waals surface area (Å²) in [6.45, 7) is 7.04. The van der Waals surface area contributed by atoms with E-state index in [1.165, 1.54) is 10.9 Å². The summed E-state index contributed by atoms with van der Waals surface area (Å²) in [5.74, 6) is -0.117. The Bertz CT molecular complexity index is 1610. The number of nitrogens with one attached hydrogen (secondary N) is 1. The van der Waals surface area contributed by atoms with E-state index in [0.29, 0.717) is 13.0 Å². The summed E-state index contributed by atoms with van der Waals surface area (Å²) in [6.07, 6.45) is -0.823. The number of carbonyl (C=O) groups excluding carboxylic acids is 2. The van der Waals surface area contributed by atoms with Gasteiger partial charge in [-0.3, -0.25) is 23.2 Å². The van der Waals surface area contributed by atoms with Crippen LogP contribution in [0.15, 0.2) is 36.7 Å². The van der Waals surface area contributed by atoms with E-state index < -0.39 is 44.3 Å². The van der Waals surface area contributed by atoms with Crippen LogP contribution in [0.2, 0.25) is 0 Å². The van der Waals surface area contributed by atoms with E-state index in [2.05, 4.69) is 20.0 Å². The van der Waals surface area contributed by atoms with Crippen LogP contribution in [-0.2, 0) is 39.2 Å². The molecule has 0 aliphatic carbocycles.